The summed E-state index contributed by atoms with van der Waals surface area (Å²) in [6.45, 7) is 5.18. The zero-order chi connectivity index (χ0) is 20.4. The molecule has 0 saturated heterocycles. The minimum Gasteiger partial charge on any atom is -0.325 e. The van der Waals surface area contributed by atoms with Crippen molar-refractivity contribution in [1.29, 1.82) is 0 Å². The molecule has 3 aromatic rings. The number of rotatable bonds is 6. The Balaban J connectivity index is 1.47. The molecule has 152 valence electrons. The lowest BCUT2D eigenvalue weighted by molar-refractivity contribution is -0.113. The Morgan fingerprint density at radius 1 is 1.34 bits per heavy atom. The van der Waals surface area contributed by atoms with Gasteiger partial charge in [-0.2, -0.15) is 0 Å². The van der Waals surface area contributed by atoms with Gasteiger partial charge in [-0.05, 0) is 61.9 Å². The minimum absolute atomic E-state index is 0.0774. The first-order chi connectivity index (χ1) is 14.0. The van der Waals surface area contributed by atoms with Gasteiger partial charge in [-0.1, -0.05) is 30.3 Å². The van der Waals surface area contributed by atoms with Crippen LogP contribution in [0.25, 0.3) is 11.4 Å². The average molecular weight is 447 g/mol. The summed E-state index contributed by atoms with van der Waals surface area (Å²) >= 11 is 9.14. The van der Waals surface area contributed by atoms with Gasteiger partial charge in [0.25, 0.3) is 0 Å². The summed E-state index contributed by atoms with van der Waals surface area (Å²) in [6.07, 6.45) is 3.49. The number of halogens is 1. The number of nitrogens with one attached hydrogen (secondary N) is 1. The number of hydrogen-bond donors (Lipinski definition) is 1. The SMILES string of the molecule is CCn1c(SCC(=O)Nc2ccc(Cl)cc2)nnc1-c1csc2c1CCC(C)C2. The number of thiophene rings is 1. The van der Waals surface area contributed by atoms with Crippen molar-refractivity contribution in [2.75, 3.05) is 11.1 Å². The topological polar surface area (TPSA) is 59.8 Å². The fourth-order valence-corrected chi connectivity index (χ4v) is 5.78. The van der Waals surface area contributed by atoms with Crippen LogP contribution < -0.4 is 5.32 Å². The molecule has 5 nitrogen and oxygen atoms in total. The van der Waals surface area contributed by atoms with E-state index in [0.29, 0.717) is 5.02 Å². The van der Waals surface area contributed by atoms with E-state index in [-0.39, 0.29) is 11.7 Å². The van der Waals surface area contributed by atoms with Gasteiger partial charge in [0.1, 0.15) is 0 Å². The van der Waals surface area contributed by atoms with Crippen LogP contribution in [0, 0.1) is 5.92 Å². The number of hydrogen-bond acceptors (Lipinski definition) is 5. The lowest BCUT2D eigenvalue weighted by Gasteiger charge is -2.19. The number of nitrogens with zero attached hydrogens (tertiary/aromatic N) is 3. The molecule has 0 aliphatic heterocycles. The van der Waals surface area contributed by atoms with E-state index in [1.165, 1.54) is 34.2 Å². The van der Waals surface area contributed by atoms with Crippen molar-refractivity contribution in [2.45, 2.75) is 44.8 Å². The number of carbonyl (C=O) groups excluding carboxylic acids is 1. The summed E-state index contributed by atoms with van der Waals surface area (Å²) < 4.78 is 2.11. The monoisotopic (exact) mass is 446 g/mol. The van der Waals surface area contributed by atoms with E-state index >= 15 is 0 Å². The van der Waals surface area contributed by atoms with Gasteiger partial charge in [0.05, 0.1) is 5.75 Å². The highest BCUT2D eigenvalue weighted by Gasteiger charge is 2.24. The zero-order valence-corrected chi connectivity index (χ0v) is 18.8. The van der Waals surface area contributed by atoms with Crippen molar-refractivity contribution in [3.8, 4) is 11.4 Å². The van der Waals surface area contributed by atoms with Gasteiger partial charge in [0, 0.05) is 33.1 Å². The fraction of sp³-hybridized carbons (Fsp3) is 0.381. The number of aromatic nitrogens is 3. The second-order valence-electron chi connectivity index (χ2n) is 7.29. The van der Waals surface area contributed by atoms with Crippen molar-refractivity contribution in [2.24, 2.45) is 5.92 Å². The van der Waals surface area contributed by atoms with Crippen molar-refractivity contribution in [1.82, 2.24) is 14.8 Å². The number of thioether (sulfide) groups is 1. The van der Waals surface area contributed by atoms with Gasteiger partial charge < -0.3 is 9.88 Å². The van der Waals surface area contributed by atoms with Crippen LogP contribution >= 0.6 is 34.7 Å². The van der Waals surface area contributed by atoms with Crippen LogP contribution in [0.1, 0.15) is 30.7 Å². The Bertz CT molecular complexity index is 1010. The summed E-state index contributed by atoms with van der Waals surface area (Å²) in [4.78, 5) is 13.8. The molecule has 2 aromatic heterocycles. The van der Waals surface area contributed by atoms with Crippen LogP contribution in [0.15, 0.2) is 34.8 Å². The molecule has 2 heterocycles. The lowest BCUT2D eigenvalue weighted by Crippen LogP contribution is -2.14. The molecule has 4 rings (SSSR count). The highest BCUT2D eigenvalue weighted by Crippen LogP contribution is 2.38. The molecule has 1 aromatic carbocycles. The second-order valence-corrected chi connectivity index (χ2v) is 9.64. The third kappa shape index (κ3) is 4.52. The van der Waals surface area contributed by atoms with E-state index < -0.39 is 0 Å². The van der Waals surface area contributed by atoms with E-state index in [1.54, 1.807) is 24.3 Å². The highest BCUT2D eigenvalue weighted by molar-refractivity contribution is 7.99. The molecule has 1 aliphatic carbocycles. The molecule has 8 heteroatoms. The summed E-state index contributed by atoms with van der Waals surface area (Å²) in [5.41, 5.74) is 3.38. The van der Waals surface area contributed by atoms with Gasteiger partial charge in [-0.25, -0.2) is 0 Å². The first kappa shape index (κ1) is 20.4. The van der Waals surface area contributed by atoms with Gasteiger partial charge in [0.15, 0.2) is 11.0 Å². The van der Waals surface area contributed by atoms with Crippen LogP contribution in [0.2, 0.25) is 5.02 Å². The molecule has 1 atom stereocenters. The number of fused-ring (bicyclic) bond motifs is 1. The maximum absolute atomic E-state index is 12.3. The zero-order valence-electron chi connectivity index (χ0n) is 16.4. The smallest absolute Gasteiger partial charge is 0.234 e. The Labute approximate surface area is 183 Å². The second kappa shape index (κ2) is 8.90. The van der Waals surface area contributed by atoms with Crippen LogP contribution in [0.3, 0.4) is 0 Å². The van der Waals surface area contributed by atoms with Gasteiger partial charge in [0.2, 0.25) is 5.91 Å². The Morgan fingerprint density at radius 2 is 2.14 bits per heavy atom. The first-order valence-electron chi connectivity index (χ1n) is 9.76. The Morgan fingerprint density at radius 3 is 2.90 bits per heavy atom. The molecule has 0 bridgehead atoms. The molecule has 0 radical (unpaired) electrons. The van der Waals surface area contributed by atoms with Crippen LogP contribution in [-0.2, 0) is 24.2 Å². The summed E-state index contributed by atoms with van der Waals surface area (Å²) in [6, 6.07) is 7.09. The number of anilines is 1. The van der Waals surface area contributed by atoms with Crippen molar-refractivity contribution < 1.29 is 4.79 Å². The van der Waals surface area contributed by atoms with Gasteiger partial charge >= 0.3 is 0 Å². The number of amides is 1. The molecule has 0 saturated carbocycles. The molecular formula is C21H23ClN4OS2. The molecule has 0 fully saturated rings. The van der Waals surface area contributed by atoms with E-state index in [2.05, 4.69) is 39.3 Å². The van der Waals surface area contributed by atoms with Crippen molar-refractivity contribution in [3.05, 3.63) is 45.1 Å². The quantitative estimate of drug-likeness (QED) is 0.505. The maximum atomic E-state index is 12.3. The number of carbonyl (C=O) groups is 1. The predicted molar refractivity (Wildman–Crippen MR) is 121 cm³/mol. The molecule has 1 unspecified atom stereocenters. The summed E-state index contributed by atoms with van der Waals surface area (Å²) in [5, 5.41) is 15.4. The summed E-state index contributed by atoms with van der Waals surface area (Å²) in [7, 11) is 0. The molecule has 29 heavy (non-hydrogen) atoms. The van der Waals surface area contributed by atoms with E-state index in [0.717, 1.165) is 42.0 Å². The van der Waals surface area contributed by atoms with Crippen molar-refractivity contribution >= 4 is 46.3 Å². The largest absolute Gasteiger partial charge is 0.325 e. The summed E-state index contributed by atoms with van der Waals surface area (Å²) in [5.74, 6) is 1.87. The Hall–Kier alpha value is -1.83. The van der Waals surface area contributed by atoms with Crippen LogP contribution in [0.4, 0.5) is 5.69 Å². The molecule has 1 aliphatic rings. The average Bonchev–Trinajstić information content (AvgIpc) is 3.30. The minimum atomic E-state index is -0.0774. The van der Waals surface area contributed by atoms with Gasteiger partial charge in [-0.15, -0.1) is 21.5 Å². The van der Waals surface area contributed by atoms with Crippen LogP contribution in [0.5, 0.6) is 0 Å². The van der Waals surface area contributed by atoms with Crippen molar-refractivity contribution in [3.63, 3.8) is 0 Å². The standard InChI is InChI=1S/C21H23ClN4OS2/c1-3-26-20(17-11-28-18-10-13(2)4-9-16(17)18)24-25-21(26)29-12-19(27)23-15-7-5-14(22)6-8-15/h5-8,11,13H,3-4,9-10,12H2,1-2H3,(H,23,27). The van der Waals surface area contributed by atoms with Gasteiger partial charge in [-0.3, -0.25) is 4.79 Å². The Kier molecular flexibility index (Phi) is 6.27. The first-order valence-corrected chi connectivity index (χ1v) is 12.0. The van der Waals surface area contributed by atoms with E-state index in [4.69, 9.17) is 11.6 Å². The van der Waals surface area contributed by atoms with Crippen LogP contribution in [-0.4, -0.2) is 26.4 Å². The molecular weight excluding hydrogens is 424 g/mol. The maximum Gasteiger partial charge on any atom is 0.234 e. The fourth-order valence-electron chi connectivity index (χ4n) is 3.61. The predicted octanol–water partition coefficient (Wildman–Crippen LogP) is 5.54. The molecule has 1 amide bonds. The third-order valence-electron chi connectivity index (χ3n) is 5.14. The molecule has 0 spiro atoms. The third-order valence-corrected chi connectivity index (χ3v) is 7.41. The van der Waals surface area contributed by atoms with E-state index in [1.807, 2.05) is 11.3 Å². The van der Waals surface area contributed by atoms with E-state index in [9.17, 15) is 4.79 Å². The lowest BCUT2D eigenvalue weighted by atomic mass is 9.88. The molecule has 1 N–H and O–H groups in total. The highest BCUT2D eigenvalue weighted by atomic mass is 35.5. The number of benzene rings is 1. The normalized spacial score (nSPS) is 15.9.